The summed E-state index contributed by atoms with van der Waals surface area (Å²) in [6.07, 6.45) is 55.4. The third-order valence-electron chi connectivity index (χ3n) is 10.3. The first-order valence-corrected chi connectivity index (χ1v) is 23.7. The van der Waals surface area contributed by atoms with Crippen LogP contribution in [0.5, 0.6) is 0 Å². The van der Waals surface area contributed by atoms with Crippen molar-refractivity contribution in [3.8, 4) is 0 Å². The number of esters is 1. The van der Waals surface area contributed by atoms with Crippen molar-refractivity contribution < 1.29 is 24.5 Å². The Morgan fingerprint density at radius 1 is 0.526 bits per heavy atom. The maximum atomic E-state index is 13.1. The van der Waals surface area contributed by atoms with Gasteiger partial charge in [-0.25, -0.2) is 0 Å². The van der Waals surface area contributed by atoms with Gasteiger partial charge in [-0.15, -0.1) is 0 Å². The summed E-state index contributed by atoms with van der Waals surface area (Å²) in [5.41, 5.74) is 0. The number of aliphatic hydroxyl groups excluding tert-OH is 2. The minimum atomic E-state index is -0.804. The van der Waals surface area contributed by atoms with Gasteiger partial charge in [-0.1, -0.05) is 190 Å². The predicted octanol–water partition coefficient (Wildman–Crippen LogP) is 13.8. The highest BCUT2D eigenvalue weighted by molar-refractivity contribution is 5.77. The van der Waals surface area contributed by atoms with Gasteiger partial charge in [0.25, 0.3) is 0 Å². The van der Waals surface area contributed by atoms with E-state index >= 15 is 0 Å². The Bertz CT molecular complexity index is 1070. The molecule has 1 amide bonds. The molecule has 0 heterocycles. The lowest BCUT2D eigenvalue weighted by Gasteiger charge is -2.24. The van der Waals surface area contributed by atoms with Crippen LogP contribution in [0.4, 0.5) is 0 Å². The Morgan fingerprint density at radius 3 is 1.49 bits per heavy atom. The molecule has 0 saturated carbocycles. The highest BCUT2D eigenvalue weighted by atomic mass is 16.5. The lowest BCUT2D eigenvalue weighted by molar-refractivity contribution is -0.151. The molecule has 0 aromatic rings. The average molecular weight is 796 g/mol. The molecule has 0 fully saturated rings. The van der Waals surface area contributed by atoms with Crippen LogP contribution >= 0.6 is 0 Å². The van der Waals surface area contributed by atoms with Crippen molar-refractivity contribution in [1.29, 1.82) is 0 Å². The molecule has 0 saturated heterocycles. The molecule has 57 heavy (non-hydrogen) atoms. The summed E-state index contributed by atoms with van der Waals surface area (Å²) < 4.78 is 5.86. The number of rotatable bonds is 41. The van der Waals surface area contributed by atoms with E-state index in [2.05, 4.69) is 99.0 Å². The monoisotopic (exact) mass is 796 g/mol. The van der Waals surface area contributed by atoms with E-state index in [0.29, 0.717) is 25.7 Å². The molecule has 0 bridgehead atoms. The molecule has 0 radical (unpaired) electrons. The highest BCUT2D eigenvalue weighted by Crippen LogP contribution is 2.16. The van der Waals surface area contributed by atoms with Crippen molar-refractivity contribution in [3.63, 3.8) is 0 Å². The van der Waals surface area contributed by atoms with E-state index in [9.17, 15) is 19.8 Å². The normalized spacial score (nSPS) is 14.0. The molecule has 0 aliphatic heterocycles. The first kappa shape index (κ1) is 54.3. The molecule has 0 aliphatic rings. The fourth-order valence-corrected chi connectivity index (χ4v) is 6.70. The average Bonchev–Trinajstić information content (AvgIpc) is 3.20. The number of nitrogens with one attached hydrogen (secondary N) is 1. The van der Waals surface area contributed by atoms with Crippen LogP contribution < -0.4 is 5.32 Å². The van der Waals surface area contributed by atoms with Crippen LogP contribution in [-0.2, 0) is 14.3 Å². The Morgan fingerprint density at radius 2 is 0.965 bits per heavy atom. The van der Waals surface area contributed by atoms with Crippen molar-refractivity contribution in [2.24, 2.45) is 0 Å². The van der Waals surface area contributed by atoms with E-state index in [1.807, 2.05) is 0 Å². The smallest absolute Gasteiger partial charge is 0.306 e. The maximum Gasteiger partial charge on any atom is 0.306 e. The molecule has 0 rings (SSSR count). The summed E-state index contributed by atoms with van der Waals surface area (Å²) in [4.78, 5) is 26.0. The summed E-state index contributed by atoms with van der Waals surface area (Å²) in [7, 11) is 0. The second kappa shape index (κ2) is 44.4. The number of ether oxygens (including phenoxy) is 1. The molecule has 6 nitrogen and oxygen atoms in total. The summed E-state index contributed by atoms with van der Waals surface area (Å²) in [5.74, 6) is -0.579. The Kier molecular flexibility index (Phi) is 42.3. The van der Waals surface area contributed by atoms with Gasteiger partial charge in [-0.2, -0.15) is 0 Å². The summed E-state index contributed by atoms with van der Waals surface area (Å²) in [5, 5.41) is 23.6. The van der Waals surface area contributed by atoms with E-state index in [1.165, 1.54) is 83.5 Å². The minimum absolute atomic E-state index is 0.0313. The third kappa shape index (κ3) is 39.9. The number of amides is 1. The predicted molar refractivity (Wildman–Crippen MR) is 245 cm³/mol. The zero-order chi connectivity index (χ0) is 41.7. The fourth-order valence-electron chi connectivity index (χ4n) is 6.70. The highest BCUT2D eigenvalue weighted by Gasteiger charge is 2.23. The molecule has 3 unspecified atom stereocenters. The molecule has 0 aromatic heterocycles. The van der Waals surface area contributed by atoms with E-state index < -0.39 is 18.2 Å². The van der Waals surface area contributed by atoms with Crippen LogP contribution in [0.1, 0.15) is 213 Å². The van der Waals surface area contributed by atoms with Gasteiger partial charge in [-0.3, -0.25) is 9.59 Å². The number of carbonyl (C=O) groups excluding carboxylic acids is 2. The SMILES string of the molecule is CC/C=C\C/C=C\C/C=C\C/C=C\C/C=C\CCCC(=O)OC(CCC/C=C\CCCCCCCCC)CC(=O)NC(CO)C(O)CCCCCCCCCCC. The van der Waals surface area contributed by atoms with Crippen LogP contribution in [0.15, 0.2) is 72.9 Å². The molecule has 6 heteroatoms. The zero-order valence-electron chi connectivity index (χ0n) is 37.2. The number of allylic oxidation sites excluding steroid dienone is 12. The van der Waals surface area contributed by atoms with Gasteiger partial charge in [0.2, 0.25) is 5.91 Å². The summed E-state index contributed by atoms with van der Waals surface area (Å²) in [6, 6.07) is -0.721. The van der Waals surface area contributed by atoms with E-state index in [-0.39, 0.29) is 24.9 Å². The van der Waals surface area contributed by atoms with Gasteiger partial charge in [0.1, 0.15) is 6.10 Å². The number of aliphatic hydroxyl groups is 2. The van der Waals surface area contributed by atoms with E-state index in [0.717, 1.165) is 77.0 Å². The lowest BCUT2D eigenvalue weighted by Crippen LogP contribution is -2.46. The van der Waals surface area contributed by atoms with Gasteiger partial charge < -0.3 is 20.3 Å². The fraction of sp³-hybridized carbons (Fsp3) is 0.725. The van der Waals surface area contributed by atoms with Crippen molar-refractivity contribution in [2.75, 3.05) is 6.61 Å². The van der Waals surface area contributed by atoms with Crippen LogP contribution in [0, 0.1) is 0 Å². The largest absolute Gasteiger partial charge is 0.462 e. The molecule has 3 N–H and O–H groups in total. The molecular weight excluding hydrogens is 707 g/mol. The second-order valence-corrected chi connectivity index (χ2v) is 15.8. The van der Waals surface area contributed by atoms with Crippen LogP contribution in [-0.4, -0.2) is 46.9 Å². The van der Waals surface area contributed by atoms with E-state index in [1.54, 1.807) is 0 Å². The number of hydrogen-bond acceptors (Lipinski definition) is 5. The standard InChI is InChI=1S/C51H89NO5/c1-4-7-10-13-16-19-21-23-24-25-26-27-29-32-35-38-41-44-51(56)57-47(42-39-36-33-31-28-22-20-17-14-11-8-5-2)45-50(55)52-48(46-53)49(54)43-40-37-34-30-18-15-12-9-6-3/h7,10,16,19,23-24,26-27,31-33,35,47-49,53-54H,4-6,8-9,11-15,17-18,20-22,25,28-30,34,36-46H2,1-3H3,(H,52,55)/b10-7-,19-16-,24-23-,27-26-,33-31-,35-32-. The van der Waals surface area contributed by atoms with Gasteiger partial charge >= 0.3 is 5.97 Å². The lowest BCUT2D eigenvalue weighted by atomic mass is 10.0. The maximum absolute atomic E-state index is 13.1. The Hall–Kier alpha value is -2.70. The number of carbonyl (C=O) groups is 2. The van der Waals surface area contributed by atoms with Gasteiger partial charge in [0.05, 0.1) is 25.2 Å². The van der Waals surface area contributed by atoms with Crippen LogP contribution in [0.3, 0.4) is 0 Å². The van der Waals surface area contributed by atoms with E-state index in [4.69, 9.17) is 4.74 Å². The summed E-state index contributed by atoms with van der Waals surface area (Å²) in [6.45, 7) is 6.31. The third-order valence-corrected chi connectivity index (χ3v) is 10.3. The van der Waals surface area contributed by atoms with Gasteiger partial charge in [-0.05, 0) is 83.5 Å². The van der Waals surface area contributed by atoms with Gasteiger partial charge in [0.15, 0.2) is 0 Å². The number of unbranched alkanes of at least 4 members (excludes halogenated alkanes) is 17. The zero-order valence-corrected chi connectivity index (χ0v) is 37.2. The Labute approximate surface area is 351 Å². The molecule has 0 aromatic carbocycles. The molecule has 3 atom stereocenters. The van der Waals surface area contributed by atoms with Crippen molar-refractivity contribution in [3.05, 3.63) is 72.9 Å². The van der Waals surface area contributed by atoms with Gasteiger partial charge in [0, 0.05) is 6.42 Å². The second-order valence-electron chi connectivity index (χ2n) is 15.8. The molecular formula is C51H89NO5. The Balaban J connectivity index is 4.72. The van der Waals surface area contributed by atoms with Crippen LogP contribution in [0.25, 0.3) is 0 Å². The van der Waals surface area contributed by atoms with Crippen LogP contribution in [0.2, 0.25) is 0 Å². The summed E-state index contributed by atoms with van der Waals surface area (Å²) >= 11 is 0. The molecule has 0 spiro atoms. The molecule has 328 valence electrons. The minimum Gasteiger partial charge on any atom is -0.462 e. The van der Waals surface area contributed by atoms with Crippen molar-refractivity contribution >= 4 is 11.9 Å². The number of hydrogen-bond donors (Lipinski definition) is 3. The topological polar surface area (TPSA) is 95.9 Å². The van der Waals surface area contributed by atoms with Crippen molar-refractivity contribution in [2.45, 2.75) is 232 Å². The quantitative estimate of drug-likeness (QED) is 0.0325. The molecule has 0 aliphatic carbocycles. The first-order chi connectivity index (χ1) is 28.0. The first-order valence-electron chi connectivity index (χ1n) is 23.7. The van der Waals surface area contributed by atoms with Crippen molar-refractivity contribution in [1.82, 2.24) is 5.32 Å².